The third-order valence-corrected chi connectivity index (χ3v) is 8.15. The number of carbonyl (C=O) groups excluding carboxylic acids is 1. The molecule has 0 saturated carbocycles. The number of hydrogen-bond acceptors (Lipinski definition) is 7. The van der Waals surface area contributed by atoms with Crippen LogP contribution in [0.4, 0.5) is 5.69 Å². The third-order valence-electron chi connectivity index (χ3n) is 5.17. The average molecular weight is 512 g/mol. The van der Waals surface area contributed by atoms with Crippen LogP contribution in [-0.2, 0) is 14.8 Å². The number of benzene rings is 3. The predicted octanol–water partition coefficient (Wildman–Crippen LogP) is 3.54. The van der Waals surface area contributed by atoms with Crippen molar-refractivity contribution >= 4 is 39.6 Å². The molecule has 0 aromatic heterocycles. The number of carbonyl (C=O) groups is 1. The Kier molecular flexibility index (Phi) is 7.94. The largest absolute Gasteiger partial charge is 0.495 e. The Morgan fingerprint density at radius 3 is 2.40 bits per heavy atom. The number of para-hydroxylation sites is 2. The first-order valence-corrected chi connectivity index (χ1v) is 13.4. The number of hydrogen-bond donors (Lipinski definition) is 1. The lowest BCUT2D eigenvalue weighted by Gasteiger charge is -2.25. The van der Waals surface area contributed by atoms with Gasteiger partial charge in [0.25, 0.3) is 15.9 Å². The van der Waals surface area contributed by atoms with Crippen molar-refractivity contribution in [1.29, 1.82) is 0 Å². The van der Waals surface area contributed by atoms with Crippen molar-refractivity contribution < 1.29 is 22.7 Å². The second-order valence-electron chi connectivity index (χ2n) is 7.64. The van der Waals surface area contributed by atoms with Crippen molar-refractivity contribution in [3.05, 3.63) is 84.4 Å². The zero-order valence-electron chi connectivity index (χ0n) is 19.0. The number of nitrogens with zero attached hydrogens (tertiary/aromatic N) is 2. The highest BCUT2D eigenvalue weighted by Crippen LogP contribution is 2.32. The van der Waals surface area contributed by atoms with Crippen LogP contribution in [0.2, 0.25) is 0 Å². The van der Waals surface area contributed by atoms with Gasteiger partial charge in [0.05, 0.1) is 23.9 Å². The Bertz CT molecular complexity index is 1280. The highest BCUT2D eigenvalue weighted by molar-refractivity contribution is 8.00. The number of thioether (sulfide) groups is 1. The number of anilines is 1. The summed E-state index contributed by atoms with van der Waals surface area (Å²) in [4.78, 5) is 12.8. The van der Waals surface area contributed by atoms with Gasteiger partial charge in [-0.1, -0.05) is 30.3 Å². The molecule has 1 fully saturated rings. The van der Waals surface area contributed by atoms with E-state index in [1.165, 1.54) is 25.5 Å². The van der Waals surface area contributed by atoms with Crippen molar-refractivity contribution in [2.24, 2.45) is 5.10 Å². The van der Waals surface area contributed by atoms with E-state index < -0.39 is 22.5 Å². The normalized spacial score (nSPS) is 13.7. The quantitative estimate of drug-likeness (QED) is 0.330. The molecule has 35 heavy (non-hydrogen) atoms. The van der Waals surface area contributed by atoms with Crippen molar-refractivity contribution in [2.45, 2.75) is 11.0 Å². The van der Waals surface area contributed by atoms with Gasteiger partial charge < -0.3 is 9.47 Å². The molecule has 182 valence electrons. The van der Waals surface area contributed by atoms with Crippen LogP contribution in [0, 0.1) is 0 Å². The number of methoxy groups -OCH3 is 1. The van der Waals surface area contributed by atoms with Crippen LogP contribution in [0.3, 0.4) is 0 Å². The van der Waals surface area contributed by atoms with Crippen LogP contribution in [-0.4, -0.2) is 51.8 Å². The Morgan fingerprint density at radius 1 is 1.06 bits per heavy atom. The van der Waals surface area contributed by atoms with Gasteiger partial charge in [0, 0.05) is 11.5 Å². The maximum absolute atomic E-state index is 13.4. The maximum atomic E-state index is 13.4. The number of nitrogens with one attached hydrogen (secondary N) is 1. The summed E-state index contributed by atoms with van der Waals surface area (Å²) in [5.41, 5.74) is 3.42. The minimum absolute atomic E-state index is 0.0602. The van der Waals surface area contributed by atoms with Crippen LogP contribution in [0.1, 0.15) is 5.56 Å². The van der Waals surface area contributed by atoms with E-state index in [9.17, 15) is 13.2 Å². The maximum Gasteiger partial charge on any atom is 0.264 e. The van der Waals surface area contributed by atoms with Gasteiger partial charge in [-0.2, -0.15) is 16.9 Å². The predicted molar refractivity (Wildman–Crippen MR) is 138 cm³/mol. The lowest BCUT2D eigenvalue weighted by Crippen LogP contribution is -2.39. The topological polar surface area (TPSA) is 97.3 Å². The molecule has 0 bridgehead atoms. The minimum Gasteiger partial charge on any atom is -0.495 e. The van der Waals surface area contributed by atoms with Crippen molar-refractivity contribution in [3.8, 4) is 11.5 Å². The summed E-state index contributed by atoms with van der Waals surface area (Å²) in [5.74, 6) is 2.51. The molecular formula is C25H25N3O5S2. The fourth-order valence-electron chi connectivity index (χ4n) is 3.31. The molecule has 1 N–H and O–H groups in total. The zero-order valence-corrected chi connectivity index (χ0v) is 20.7. The van der Waals surface area contributed by atoms with Gasteiger partial charge in [0.2, 0.25) is 0 Å². The van der Waals surface area contributed by atoms with Gasteiger partial charge in [-0.15, -0.1) is 0 Å². The van der Waals surface area contributed by atoms with E-state index in [-0.39, 0.29) is 16.7 Å². The highest BCUT2D eigenvalue weighted by Gasteiger charge is 2.29. The van der Waals surface area contributed by atoms with Crippen LogP contribution in [0.5, 0.6) is 11.5 Å². The van der Waals surface area contributed by atoms with E-state index in [0.717, 1.165) is 27.1 Å². The lowest BCUT2D eigenvalue weighted by molar-refractivity contribution is -0.119. The highest BCUT2D eigenvalue weighted by atomic mass is 32.2. The summed E-state index contributed by atoms with van der Waals surface area (Å²) in [6.45, 7) is -0.485. The first kappa shape index (κ1) is 24.6. The van der Waals surface area contributed by atoms with Gasteiger partial charge in [0.1, 0.15) is 24.1 Å². The number of sulfonamides is 1. The van der Waals surface area contributed by atoms with Crippen LogP contribution >= 0.6 is 11.8 Å². The molecule has 1 aliphatic rings. The minimum atomic E-state index is -4.05. The van der Waals surface area contributed by atoms with Crippen LogP contribution in [0.15, 0.2) is 88.9 Å². The standard InChI is InChI=1S/C25H25N3O5S2/c1-32-24-10-6-5-9-23(24)28(35(30,31)22-7-3-2-4-8-22)16-25(29)27-26-15-19-11-13-20(14-12-19)33-21-17-34-18-21/h2-15,21H,16-18H2,1H3,(H,27,29)/b26-15-. The van der Waals surface area contributed by atoms with E-state index in [4.69, 9.17) is 9.47 Å². The number of ether oxygens (including phenoxy) is 2. The Morgan fingerprint density at radius 2 is 1.74 bits per heavy atom. The Labute approximate surface area is 209 Å². The summed E-state index contributed by atoms with van der Waals surface area (Å²) in [5, 5.41) is 3.98. The zero-order chi connectivity index (χ0) is 24.7. The summed E-state index contributed by atoms with van der Waals surface area (Å²) in [7, 11) is -2.60. The van der Waals surface area contributed by atoms with Gasteiger partial charge in [0.15, 0.2) is 0 Å². The molecule has 0 radical (unpaired) electrons. The SMILES string of the molecule is COc1ccccc1N(CC(=O)N/N=C\c1ccc(OC2CSC2)cc1)S(=O)(=O)c1ccccc1. The van der Waals surface area contributed by atoms with E-state index in [0.29, 0.717) is 5.75 Å². The first-order valence-electron chi connectivity index (χ1n) is 10.8. The fraction of sp³-hybridized carbons (Fsp3) is 0.200. The van der Waals surface area contributed by atoms with Crippen LogP contribution in [0.25, 0.3) is 0 Å². The van der Waals surface area contributed by atoms with Crippen molar-refractivity contribution in [3.63, 3.8) is 0 Å². The van der Waals surface area contributed by atoms with Gasteiger partial charge in [-0.3, -0.25) is 9.10 Å². The number of amides is 1. The summed E-state index contributed by atoms with van der Waals surface area (Å²) < 4.78 is 39.0. The average Bonchev–Trinajstić information content (AvgIpc) is 2.86. The molecule has 1 amide bonds. The van der Waals surface area contributed by atoms with Gasteiger partial charge in [-0.25, -0.2) is 13.8 Å². The summed E-state index contributed by atoms with van der Waals surface area (Å²) in [6, 6.07) is 21.9. The molecule has 0 unspecified atom stereocenters. The molecule has 4 rings (SSSR count). The summed E-state index contributed by atoms with van der Waals surface area (Å²) in [6.07, 6.45) is 1.75. The molecule has 3 aromatic rings. The summed E-state index contributed by atoms with van der Waals surface area (Å²) >= 11 is 1.85. The smallest absolute Gasteiger partial charge is 0.264 e. The first-order chi connectivity index (χ1) is 17.0. The second kappa shape index (κ2) is 11.3. The molecule has 1 saturated heterocycles. The van der Waals surface area contributed by atoms with Crippen LogP contribution < -0.4 is 19.2 Å². The molecule has 3 aromatic carbocycles. The van der Waals surface area contributed by atoms with E-state index >= 15 is 0 Å². The van der Waals surface area contributed by atoms with Gasteiger partial charge in [-0.05, 0) is 54.1 Å². The molecule has 0 aliphatic carbocycles. The monoisotopic (exact) mass is 511 g/mol. The third kappa shape index (κ3) is 6.14. The van der Waals surface area contributed by atoms with E-state index in [1.54, 1.807) is 42.5 Å². The Hall–Kier alpha value is -3.50. The number of hydrazone groups is 1. The van der Waals surface area contributed by atoms with Gasteiger partial charge >= 0.3 is 0 Å². The molecule has 1 heterocycles. The van der Waals surface area contributed by atoms with E-state index in [2.05, 4.69) is 10.5 Å². The van der Waals surface area contributed by atoms with Crippen molar-refractivity contribution in [2.75, 3.05) is 29.5 Å². The van der Waals surface area contributed by atoms with Crippen molar-refractivity contribution in [1.82, 2.24) is 5.43 Å². The molecular weight excluding hydrogens is 486 g/mol. The fourth-order valence-corrected chi connectivity index (χ4v) is 5.32. The molecule has 0 spiro atoms. The molecule has 1 aliphatic heterocycles. The second-order valence-corrected chi connectivity index (χ2v) is 10.6. The Balaban J connectivity index is 1.47. The molecule has 10 heteroatoms. The molecule has 0 atom stereocenters. The molecule has 8 nitrogen and oxygen atoms in total. The number of rotatable bonds is 10. The lowest BCUT2D eigenvalue weighted by atomic mass is 10.2. The van der Waals surface area contributed by atoms with E-state index in [1.807, 2.05) is 36.0 Å².